The number of halogens is 1. The van der Waals surface area contributed by atoms with Crippen molar-refractivity contribution in [1.29, 1.82) is 0 Å². The zero-order chi connectivity index (χ0) is 18.8. The number of hydrogen-bond acceptors (Lipinski definition) is 4. The van der Waals surface area contributed by atoms with E-state index in [1.165, 1.54) is 12.1 Å². The van der Waals surface area contributed by atoms with Crippen LogP contribution in [0.2, 0.25) is 0 Å². The van der Waals surface area contributed by atoms with Crippen molar-refractivity contribution < 1.29 is 8.93 Å². The highest BCUT2D eigenvalue weighted by Gasteiger charge is 2.49. The summed E-state index contributed by atoms with van der Waals surface area (Å²) < 4.78 is 14.6. The molecule has 1 heterocycles. The largest absolute Gasteiger partial charge is 0.803 e. The van der Waals surface area contributed by atoms with Gasteiger partial charge in [-0.1, -0.05) is 12.1 Å². The van der Waals surface area contributed by atoms with Gasteiger partial charge < -0.3 is 14.8 Å². The van der Waals surface area contributed by atoms with Crippen molar-refractivity contribution in [3.8, 4) is 0 Å². The molecule has 0 atom stereocenters. The van der Waals surface area contributed by atoms with E-state index >= 15 is 0 Å². The van der Waals surface area contributed by atoms with Gasteiger partial charge in [-0.25, -0.2) is 4.39 Å². The molecule has 0 radical (unpaired) electrons. The molecule has 0 bridgehead atoms. The van der Waals surface area contributed by atoms with Crippen molar-refractivity contribution in [2.45, 2.75) is 37.6 Å². The minimum absolute atomic E-state index is 0.0669. The van der Waals surface area contributed by atoms with E-state index in [2.05, 4.69) is 5.10 Å². The first kappa shape index (κ1) is 16.2. The summed E-state index contributed by atoms with van der Waals surface area (Å²) in [6.45, 7) is 0. The van der Waals surface area contributed by atoms with Gasteiger partial charge in [0.05, 0.1) is 15.5 Å². The number of rotatable bonds is 3. The van der Waals surface area contributed by atoms with E-state index < -0.39 is 5.54 Å². The highest BCUT2D eigenvalue weighted by Crippen LogP contribution is 2.51. The first-order chi connectivity index (χ1) is 13.0. The molecule has 2 aliphatic rings. The molecular formula is C20H19FN4O2. The Hall–Kier alpha value is -2.96. The van der Waals surface area contributed by atoms with Crippen molar-refractivity contribution in [3.05, 3.63) is 69.0 Å². The van der Waals surface area contributed by atoms with Gasteiger partial charge in [0.2, 0.25) is 0 Å². The van der Waals surface area contributed by atoms with E-state index in [1.807, 2.05) is 6.07 Å². The summed E-state index contributed by atoms with van der Waals surface area (Å²) in [7, 11) is 1.77. The maximum absolute atomic E-state index is 13.3. The van der Waals surface area contributed by atoms with Gasteiger partial charge in [-0.3, -0.25) is 0 Å². The van der Waals surface area contributed by atoms with Crippen LogP contribution in [-0.2, 0) is 18.4 Å². The molecule has 0 spiro atoms. The van der Waals surface area contributed by atoms with Gasteiger partial charge in [-0.15, -0.1) is 0 Å². The second kappa shape index (κ2) is 5.52. The summed E-state index contributed by atoms with van der Waals surface area (Å²) in [5.41, 5.74) is 3.39. The molecule has 3 aromatic rings. The average Bonchev–Trinajstić information content (AvgIpc) is 3.35. The quantitative estimate of drug-likeness (QED) is 0.668. The van der Waals surface area contributed by atoms with E-state index in [4.69, 9.17) is 0 Å². The minimum atomic E-state index is -0.426. The van der Waals surface area contributed by atoms with Crippen molar-refractivity contribution in [1.82, 2.24) is 9.83 Å². The third kappa shape index (κ3) is 2.34. The predicted molar refractivity (Wildman–Crippen MR) is 99.6 cm³/mol. The summed E-state index contributed by atoms with van der Waals surface area (Å²) in [4.78, 5) is 14.3. The van der Waals surface area contributed by atoms with Crippen LogP contribution in [0.3, 0.4) is 0 Å². The fraction of sp³-hybridized carbons (Fsp3) is 0.350. The third-order valence-electron chi connectivity index (χ3n) is 6.02. The molecular weight excluding hydrogens is 347 g/mol. The van der Waals surface area contributed by atoms with Crippen LogP contribution in [0.15, 0.2) is 36.4 Å². The van der Waals surface area contributed by atoms with Crippen LogP contribution >= 0.6 is 0 Å². The van der Waals surface area contributed by atoms with Gasteiger partial charge in [-0.05, 0) is 67.0 Å². The summed E-state index contributed by atoms with van der Waals surface area (Å²) in [6.07, 6.45) is 4.53. The lowest BCUT2D eigenvalue weighted by atomic mass is 10.0. The van der Waals surface area contributed by atoms with Crippen LogP contribution in [0, 0.1) is 15.9 Å². The highest BCUT2D eigenvalue weighted by molar-refractivity contribution is 5.76. The van der Waals surface area contributed by atoms with Crippen molar-refractivity contribution in [2.24, 2.45) is 0 Å². The van der Waals surface area contributed by atoms with Crippen LogP contribution < -0.4 is 9.44 Å². The zero-order valence-electron chi connectivity index (χ0n) is 15.0. The van der Waals surface area contributed by atoms with Crippen LogP contribution in [0.25, 0.3) is 11.0 Å². The molecule has 0 aliphatic heterocycles. The molecule has 2 aliphatic carbocycles. The number of anilines is 1. The Balaban J connectivity index is 1.65. The maximum atomic E-state index is 13.3. The predicted octanol–water partition coefficient (Wildman–Crippen LogP) is 3.05. The summed E-state index contributed by atoms with van der Waals surface area (Å²) in [5.74, 6) is -0.233. The van der Waals surface area contributed by atoms with E-state index in [9.17, 15) is 14.5 Å². The zero-order valence-corrected chi connectivity index (χ0v) is 15.0. The second-order valence-electron chi connectivity index (χ2n) is 7.53. The van der Waals surface area contributed by atoms with E-state index in [0.717, 1.165) is 53.5 Å². The van der Waals surface area contributed by atoms with Crippen LogP contribution in [0.1, 0.15) is 36.0 Å². The lowest BCUT2D eigenvalue weighted by molar-refractivity contribution is -0.535. The lowest BCUT2D eigenvalue weighted by Crippen LogP contribution is -2.37. The van der Waals surface area contributed by atoms with Crippen LogP contribution in [-0.4, -0.2) is 16.9 Å². The molecule has 6 nitrogen and oxygen atoms in total. The van der Waals surface area contributed by atoms with Crippen molar-refractivity contribution in [3.63, 3.8) is 0 Å². The second-order valence-corrected chi connectivity index (χ2v) is 7.53. The SMILES string of the molecule is CN(c1n[n+](=O)c2cc3c(cc2n1[O-])CCC3)C1(c2ccc(F)cc2)CC1. The molecule has 1 fully saturated rings. The molecule has 0 saturated heterocycles. The molecule has 2 aromatic carbocycles. The third-order valence-corrected chi connectivity index (χ3v) is 6.02. The standard InChI is InChI=1S/C20H19FN4O2/c1-23(20(9-10-20)15-5-7-16(21)8-6-15)19-22-25(27)18-12-14-4-2-3-13(14)11-17(18)24(19)26/h5-8,11-12H,2-4,9-10H2,1H3. The maximum Gasteiger partial charge on any atom is 0.318 e. The lowest BCUT2D eigenvalue weighted by Gasteiger charge is -2.31. The van der Waals surface area contributed by atoms with Gasteiger partial charge in [0.25, 0.3) is 5.95 Å². The number of nitrogens with zero attached hydrogens (tertiary/aromatic N) is 4. The van der Waals surface area contributed by atoms with Gasteiger partial charge in [-0.2, -0.15) is 0 Å². The van der Waals surface area contributed by atoms with E-state index in [0.29, 0.717) is 15.6 Å². The van der Waals surface area contributed by atoms with E-state index in [1.54, 1.807) is 30.1 Å². The normalized spacial score (nSPS) is 17.1. The molecule has 0 amide bonds. The van der Waals surface area contributed by atoms with Crippen LogP contribution in [0.5, 0.6) is 0 Å². The topological polar surface area (TPSA) is 67.1 Å². The minimum Gasteiger partial charge on any atom is -0.803 e. The Morgan fingerprint density at radius 3 is 2.52 bits per heavy atom. The number of benzene rings is 2. The summed E-state index contributed by atoms with van der Waals surface area (Å²) >= 11 is 0. The Morgan fingerprint density at radius 1 is 1.19 bits per heavy atom. The molecule has 27 heavy (non-hydrogen) atoms. The first-order valence-electron chi connectivity index (χ1n) is 9.18. The Morgan fingerprint density at radius 2 is 1.85 bits per heavy atom. The number of fused-ring (bicyclic) bond motifs is 2. The molecule has 5 rings (SSSR count). The molecule has 1 aromatic heterocycles. The first-order valence-corrected chi connectivity index (χ1v) is 9.18. The summed E-state index contributed by atoms with van der Waals surface area (Å²) in [6, 6.07) is 9.91. The summed E-state index contributed by atoms with van der Waals surface area (Å²) in [5, 5.41) is 17.1. The number of hydrogen-bond donors (Lipinski definition) is 0. The van der Waals surface area contributed by atoms with E-state index in [-0.39, 0.29) is 11.8 Å². The Labute approximate surface area is 155 Å². The molecule has 7 heteroatoms. The smallest absolute Gasteiger partial charge is 0.318 e. The molecule has 1 saturated carbocycles. The van der Waals surface area contributed by atoms with Crippen molar-refractivity contribution >= 4 is 17.0 Å². The van der Waals surface area contributed by atoms with Crippen LogP contribution in [0.4, 0.5) is 10.3 Å². The fourth-order valence-electron chi connectivity index (χ4n) is 4.29. The van der Waals surface area contributed by atoms with Gasteiger partial charge >= 0.3 is 5.52 Å². The van der Waals surface area contributed by atoms with Gasteiger partial charge in [0, 0.05) is 13.1 Å². The average molecular weight is 366 g/mol. The Kier molecular flexibility index (Phi) is 3.32. The fourth-order valence-corrected chi connectivity index (χ4v) is 4.29. The number of aryl methyl sites for hydroxylation is 2. The number of aromatic nitrogens is 3. The van der Waals surface area contributed by atoms with Gasteiger partial charge in [0.15, 0.2) is 4.54 Å². The monoisotopic (exact) mass is 366 g/mol. The van der Waals surface area contributed by atoms with Crippen molar-refractivity contribution in [2.75, 3.05) is 11.9 Å². The van der Waals surface area contributed by atoms with Gasteiger partial charge in [0.1, 0.15) is 11.3 Å². The highest BCUT2D eigenvalue weighted by atomic mass is 19.1. The molecule has 0 unspecified atom stereocenters. The molecule has 138 valence electrons. The Bertz CT molecular complexity index is 1120. The molecule has 0 N–H and O–H groups in total.